The van der Waals surface area contributed by atoms with Crippen molar-refractivity contribution in [2.24, 2.45) is 0 Å². The van der Waals surface area contributed by atoms with Crippen LogP contribution in [0.15, 0.2) is 42.9 Å². The van der Waals surface area contributed by atoms with Gasteiger partial charge in [0.25, 0.3) is 0 Å². The Morgan fingerprint density at radius 1 is 1.24 bits per heavy atom. The maximum atomic E-state index is 5.72. The third-order valence-corrected chi connectivity index (χ3v) is 2.45. The molecule has 0 aliphatic carbocycles. The van der Waals surface area contributed by atoms with Gasteiger partial charge in [-0.15, -0.1) is 0 Å². The van der Waals surface area contributed by atoms with Crippen molar-refractivity contribution >= 4 is 5.69 Å². The fourth-order valence-corrected chi connectivity index (χ4v) is 1.72. The lowest BCUT2D eigenvalue weighted by Crippen LogP contribution is -2.18. The van der Waals surface area contributed by atoms with Crippen LogP contribution in [0.4, 0.5) is 5.69 Å². The van der Waals surface area contributed by atoms with Crippen LogP contribution in [-0.2, 0) is 13.1 Å². The number of pyridine rings is 2. The van der Waals surface area contributed by atoms with E-state index in [1.807, 2.05) is 18.3 Å². The molecule has 2 aromatic heterocycles. The molecule has 0 aromatic carbocycles. The van der Waals surface area contributed by atoms with Crippen LogP contribution >= 0.6 is 0 Å². The van der Waals surface area contributed by atoms with Crippen molar-refractivity contribution in [1.29, 1.82) is 0 Å². The second-order valence-corrected chi connectivity index (χ2v) is 4.11. The van der Waals surface area contributed by atoms with Crippen LogP contribution < -0.4 is 5.73 Å². The molecular weight excluding hydrogens is 212 g/mol. The fraction of sp³-hybridized carbons (Fsp3) is 0.231. The Morgan fingerprint density at radius 2 is 2.12 bits per heavy atom. The highest BCUT2D eigenvalue weighted by Crippen LogP contribution is 2.08. The van der Waals surface area contributed by atoms with Gasteiger partial charge in [-0.05, 0) is 30.8 Å². The predicted octanol–water partition coefficient (Wildman–Crippen LogP) is 1.69. The minimum Gasteiger partial charge on any atom is -0.399 e. The highest BCUT2D eigenvalue weighted by Gasteiger charge is 2.03. The summed E-state index contributed by atoms with van der Waals surface area (Å²) >= 11 is 0. The van der Waals surface area contributed by atoms with Crippen molar-refractivity contribution in [3.63, 3.8) is 0 Å². The van der Waals surface area contributed by atoms with Gasteiger partial charge in [-0.1, -0.05) is 6.07 Å². The molecule has 4 heteroatoms. The standard InChI is InChI=1S/C13H16N4/c1-17(9-11-3-2-5-15-8-11)10-13-7-12(14)4-6-16-13/h2-8H,9-10H2,1H3,(H2,14,16). The van der Waals surface area contributed by atoms with E-state index >= 15 is 0 Å². The summed E-state index contributed by atoms with van der Waals surface area (Å²) in [6, 6.07) is 7.71. The molecule has 17 heavy (non-hydrogen) atoms. The topological polar surface area (TPSA) is 55.0 Å². The smallest absolute Gasteiger partial charge is 0.0564 e. The number of hydrogen-bond donors (Lipinski definition) is 1. The molecule has 0 unspecified atom stereocenters. The average Bonchev–Trinajstić information content (AvgIpc) is 2.30. The molecule has 0 atom stereocenters. The Morgan fingerprint density at radius 3 is 2.82 bits per heavy atom. The molecule has 0 aliphatic rings. The van der Waals surface area contributed by atoms with E-state index in [4.69, 9.17) is 5.73 Å². The van der Waals surface area contributed by atoms with Gasteiger partial charge in [-0.2, -0.15) is 0 Å². The minimum absolute atomic E-state index is 0.754. The molecule has 2 rings (SSSR count). The zero-order valence-corrected chi connectivity index (χ0v) is 9.87. The summed E-state index contributed by atoms with van der Waals surface area (Å²) in [4.78, 5) is 10.6. The number of aromatic nitrogens is 2. The molecule has 0 saturated carbocycles. The van der Waals surface area contributed by atoms with Crippen LogP contribution in [0.3, 0.4) is 0 Å². The summed E-state index contributed by atoms with van der Waals surface area (Å²) in [5, 5.41) is 0. The number of nitrogen functional groups attached to an aromatic ring is 1. The van der Waals surface area contributed by atoms with Crippen molar-refractivity contribution in [2.75, 3.05) is 12.8 Å². The molecule has 0 bridgehead atoms. The molecule has 2 aromatic rings. The summed E-state index contributed by atoms with van der Waals surface area (Å²) in [5.74, 6) is 0. The first-order valence-corrected chi connectivity index (χ1v) is 5.52. The summed E-state index contributed by atoms with van der Waals surface area (Å²) in [6.45, 7) is 1.63. The fourth-order valence-electron chi connectivity index (χ4n) is 1.72. The lowest BCUT2D eigenvalue weighted by molar-refractivity contribution is 0.315. The molecule has 88 valence electrons. The number of anilines is 1. The quantitative estimate of drug-likeness (QED) is 0.865. The third kappa shape index (κ3) is 3.53. The monoisotopic (exact) mass is 228 g/mol. The molecule has 0 aliphatic heterocycles. The second kappa shape index (κ2) is 5.41. The molecule has 2 heterocycles. The number of hydrogen-bond acceptors (Lipinski definition) is 4. The van der Waals surface area contributed by atoms with Gasteiger partial charge < -0.3 is 5.73 Å². The zero-order chi connectivity index (χ0) is 12.1. The van der Waals surface area contributed by atoms with E-state index in [2.05, 4.69) is 28.0 Å². The van der Waals surface area contributed by atoms with Crippen molar-refractivity contribution in [3.05, 3.63) is 54.1 Å². The van der Waals surface area contributed by atoms with Gasteiger partial charge in [0.2, 0.25) is 0 Å². The van der Waals surface area contributed by atoms with E-state index in [-0.39, 0.29) is 0 Å². The van der Waals surface area contributed by atoms with Crippen LogP contribution in [0, 0.1) is 0 Å². The van der Waals surface area contributed by atoms with Crippen molar-refractivity contribution in [2.45, 2.75) is 13.1 Å². The normalized spacial score (nSPS) is 10.7. The molecule has 0 spiro atoms. The number of rotatable bonds is 4. The first-order valence-electron chi connectivity index (χ1n) is 5.52. The second-order valence-electron chi connectivity index (χ2n) is 4.11. The van der Waals surface area contributed by atoms with Crippen LogP contribution in [0.2, 0.25) is 0 Å². The van der Waals surface area contributed by atoms with E-state index in [1.54, 1.807) is 18.5 Å². The van der Waals surface area contributed by atoms with E-state index in [1.165, 1.54) is 5.56 Å². The van der Waals surface area contributed by atoms with Gasteiger partial charge in [-0.3, -0.25) is 14.9 Å². The molecule has 0 saturated heterocycles. The van der Waals surface area contributed by atoms with E-state index in [0.29, 0.717) is 0 Å². The highest BCUT2D eigenvalue weighted by molar-refractivity contribution is 5.37. The summed E-state index contributed by atoms with van der Waals surface area (Å²) in [6.07, 6.45) is 5.40. The maximum absolute atomic E-state index is 5.72. The first kappa shape index (κ1) is 11.5. The van der Waals surface area contributed by atoms with E-state index in [0.717, 1.165) is 24.5 Å². The van der Waals surface area contributed by atoms with Crippen molar-refractivity contribution < 1.29 is 0 Å². The Hall–Kier alpha value is -1.94. The van der Waals surface area contributed by atoms with Gasteiger partial charge >= 0.3 is 0 Å². The van der Waals surface area contributed by atoms with Gasteiger partial charge in [0, 0.05) is 37.4 Å². The summed E-state index contributed by atoms with van der Waals surface area (Å²) in [5.41, 5.74) is 8.65. The average molecular weight is 228 g/mol. The van der Waals surface area contributed by atoms with Crippen LogP contribution in [-0.4, -0.2) is 21.9 Å². The van der Waals surface area contributed by atoms with Crippen LogP contribution in [0.25, 0.3) is 0 Å². The largest absolute Gasteiger partial charge is 0.399 e. The van der Waals surface area contributed by atoms with Crippen molar-refractivity contribution in [1.82, 2.24) is 14.9 Å². The molecule has 0 fully saturated rings. The minimum atomic E-state index is 0.754. The van der Waals surface area contributed by atoms with E-state index in [9.17, 15) is 0 Å². The highest BCUT2D eigenvalue weighted by atomic mass is 15.1. The van der Waals surface area contributed by atoms with Gasteiger partial charge in [0.1, 0.15) is 0 Å². The zero-order valence-electron chi connectivity index (χ0n) is 9.87. The molecule has 4 nitrogen and oxygen atoms in total. The molecule has 0 amide bonds. The van der Waals surface area contributed by atoms with E-state index < -0.39 is 0 Å². The van der Waals surface area contributed by atoms with Gasteiger partial charge in [0.15, 0.2) is 0 Å². The van der Waals surface area contributed by atoms with Gasteiger partial charge in [0.05, 0.1) is 5.69 Å². The molecular formula is C13H16N4. The van der Waals surface area contributed by atoms with Crippen LogP contribution in [0.1, 0.15) is 11.3 Å². The molecule has 2 N–H and O–H groups in total. The first-order chi connectivity index (χ1) is 8.24. The number of nitrogens with two attached hydrogens (primary N) is 1. The predicted molar refractivity (Wildman–Crippen MR) is 68.1 cm³/mol. The number of nitrogens with zero attached hydrogens (tertiary/aromatic N) is 3. The maximum Gasteiger partial charge on any atom is 0.0564 e. The third-order valence-electron chi connectivity index (χ3n) is 2.45. The lowest BCUT2D eigenvalue weighted by atomic mass is 10.2. The SMILES string of the molecule is CN(Cc1cccnc1)Cc1cc(N)ccn1. The van der Waals surface area contributed by atoms with Crippen LogP contribution in [0.5, 0.6) is 0 Å². The van der Waals surface area contributed by atoms with Crippen molar-refractivity contribution in [3.8, 4) is 0 Å². The lowest BCUT2D eigenvalue weighted by Gasteiger charge is -2.16. The summed E-state index contributed by atoms with van der Waals surface area (Å²) in [7, 11) is 2.05. The Balaban J connectivity index is 1.96. The Labute approximate surface area is 101 Å². The Kier molecular flexibility index (Phi) is 3.67. The van der Waals surface area contributed by atoms with Gasteiger partial charge in [-0.25, -0.2) is 0 Å². The molecule has 0 radical (unpaired) electrons. The summed E-state index contributed by atoms with van der Waals surface area (Å²) < 4.78 is 0. The Bertz CT molecular complexity index is 470.